The molecular formula is C15H19ClN2O3. The van der Waals surface area contributed by atoms with Gasteiger partial charge in [-0.2, -0.15) is 0 Å². The minimum atomic E-state index is -0.773. The van der Waals surface area contributed by atoms with Gasteiger partial charge in [-0.25, -0.2) is 0 Å². The Bertz CT molecular complexity index is 545. The maximum atomic E-state index is 12.0. The number of carbonyl (C=O) groups excluding carboxylic acids is 2. The van der Waals surface area contributed by atoms with Gasteiger partial charge in [0.2, 0.25) is 5.91 Å². The van der Waals surface area contributed by atoms with Gasteiger partial charge in [0.05, 0.1) is 22.7 Å². The molecule has 1 aliphatic rings. The molecule has 0 radical (unpaired) electrons. The molecule has 0 saturated carbocycles. The van der Waals surface area contributed by atoms with Gasteiger partial charge in [0.25, 0.3) is 5.91 Å². The van der Waals surface area contributed by atoms with E-state index < -0.39 is 17.4 Å². The van der Waals surface area contributed by atoms with Crippen LogP contribution in [0, 0.1) is 0 Å². The normalized spacial score (nSPS) is 22.8. The molecule has 2 N–H and O–H groups in total. The van der Waals surface area contributed by atoms with Crippen molar-refractivity contribution in [3.8, 4) is 0 Å². The number of hydrogen-bond donors (Lipinski definition) is 2. The number of aliphatic hydroxyl groups is 1. The van der Waals surface area contributed by atoms with Gasteiger partial charge in [0.15, 0.2) is 0 Å². The van der Waals surface area contributed by atoms with E-state index in [1.807, 2.05) is 4.90 Å². The van der Waals surface area contributed by atoms with Crippen LogP contribution in [0.1, 0.15) is 30.1 Å². The highest BCUT2D eigenvalue weighted by Crippen LogP contribution is 2.19. The molecule has 0 aromatic heterocycles. The Hall–Kier alpha value is -1.43. The molecule has 1 aromatic carbocycles. The topological polar surface area (TPSA) is 69.6 Å². The average molecular weight is 311 g/mol. The summed E-state index contributed by atoms with van der Waals surface area (Å²) < 4.78 is 0. The van der Waals surface area contributed by atoms with Gasteiger partial charge in [-0.3, -0.25) is 19.8 Å². The summed E-state index contributed by atoms with van der Waals surface area (Å²) in [4.78, 5) is 25.7. The molecule has 0 bridgehead atoms. The third-order valence-electron chi connectivity index (χ3n) is 3.49. The number of imide groups is 1. The number of carbonyl (C=O) groups is 2. The number of benzene rings is 1. The number of β-amino-alcohol motifs (C(OH)–C–C–N with tert-alkyl or cyclic N) is 1. The summed E-state index contributed by atoms with van der Waals surface area (Å²) in [6.45, 7) is 3.02. The van der Waals surface area contributed by atoms with Crippen molar-refractivity contribution in [2.24, 2.45) is 0 Å². The number of nitrogens with one attached hydrogen (secondary N) is 1. The van der Waals surface area contributed by atoms with E-state index in [9.17, 15) is 14.7 Å². The predicted octanol–water partition coefficient (Wildman–Crippen LogP) is 1.44. The van der Waals surface area contributed by atoms with Crippen LogP contribution in [-0.2, 0) is 4.79 Å². The molecule has 1 saturated heterocycles. The number of rotatable bonds is 3. The molecule has 1 aromatic rings. The quantitative estimate of drug-likeness (QED) is 0.886. The van der Waals surface area contributed by atoms with E-state index in [0.29, 0.717) is 11.6 Å². The van der Waals surface area contributed by atoms with Crippen LogP contribution in [0.2, 0.25) is 5.02 Å². The van der Waals surface area contributed by atoms with Crippen molar-refractivity contribution in [2.75, 3.05) is 19.6 Å². The first-order chi connectivity index (χ1) is 9.87. The first kappa shape index (κ1) is 15.9. The third-order valence-corrected chi connectivity index (χ3v) is 3.82. The molecule has 21 heavy (non-hydrogen) atoms. The molecule has 2 amide bonds. The second-order valence-electron chi connectivity index (χ2n) is 5.67. The molecular weight excluding hydrogens is 292 g/mol. The highest BCUT2D eigenvalue weighted by Gasteiger charge is 2.29. The molecule has 114 valence electrons. The van der Waals surface area contributed by atoms with Crippen LogP contribution in [0.15, 0.2) is 24.3 Å². The van der Waals surface area contributed by atoms with Crippen molar-refractivity contribution in [1.82, 2.24) is 10.2 Å². The fraction of sp³-hybridized carbons (Fsp3) is 0.467. The number of piperidine rings is 1. The summed E-state index contributed by atoms with van der Waals surface area (Å²) in [7, 11) is 0. The van der Waals surface area contributed by atoms with E-state index in [4.69, 9.17) is 11.6 Å². The standard InChI is InChI=1S/C15H19ClN2O3/c1-15(21)7-4-8-18(10-15)9-13(19)17-14(20)11-5-2-3-6-12(11)16/h2-3,5-6,21H,4,7-10H2,1H3,(H,17,19,20). The molecule has 1 heterocycles. The molecule has 1 aliphatic heterocycles. The summed E-state index contributed by atoms with van der Waals surface area (Å²) in [6, 6.07) is 6.57. The molecule has 2 rings (SSSR count). The molecule has 0 spiro atoms. The molecule has 6 heteroatoms. The summed E-state index contributed by atoms with van der Waals surface area (Å²) in [5.41, 5.74) is -0.496. The maximum absolute atomic E-state index is 12.0. The molecule has 1 unspecified atom stereocenters. The van der Waals surface area contributed by atoms with E-state index in [0.717, 1.165) is 19.4 Å². The van der Waals surface area contributed by atoms with E-state index >= 15 is 0 Å². The van der Waals surface area contributed by atoms with Crippen LogP contribution < -0.4 is 5.32 Å². The Morgan fingerprint density at radius 3 is 2.81 bits per heavy atom. The molecule has 1 fully saturated rings. The van der Waals surface area contributed by atoms with Gasteiger partial charge in [-0.1, -0.05) is 23.7 Å². The van der Waals surface area contributed by atoms with Crippen LogP contribution in [0.25, 0.3) is 0 Å². The molecule has 5 nitrogen and oxygen atoms in total. The van der Waals surface area contributed by atoms with Gasteiger partial charge in [-0.05, 0) is 38.4 Å². The summed E-state index contributed by atoms with van der Waals surface area (Å²) in [5, 5.41) is 12.6. The lowest BCUT2D eigenvalue weighted by Gasteiger charge is -2.36. The predicted molar refractivity (Wildman–Crippen MR) is 80.2 cm³/mol. The second kappa shape index (κ2) is 6.56. The average Bonchev–Trinajstić information content (AvgIpc) is 2.37. The third kappa shape index (κ3) is 4.52. The zero-order chi connectivity index (χ0) is 15.5. The number of likely N-dealkylation sites (tertiary alicyclic amines) is 1. The van der Waals surface area contributed by atoms with Gasteiger partial charge in [0, 0.05) is 6.54 Å². The van der Waals surface area contributed by atoms with Crippen LogP contribution in [0.3, 0.4) is 0 Å². The van der Waals surface area contributed by atoms with Crippen LogP contribution >= 0.6 is 11.6 Å². The van der Waals surface area contributed by atoms with Crippen molar-refractivity contribution in [1.29, 1.82) is 0 Å². The van der Waals surface area contributed by atoms with Gasteiger partial charge in [-0.15, -0.1) is 0 Å². The second-order valence-corrected chi connectivity index (χ2v) is 6.08. The highest BCUT2D eigenvalue weighted by atomic mass is 35.5. The smallest absolute Gasteiger partial charge is 0.259 e. The lowest BCUT2D eigenvalue weighted by Crippen LogP contribution is -2.50. The summed E-state index contributed by atoms with van der Waals surface area (Å²) in [5.74, 6) is -0.896. The zero-order valence-electron chi connectivity index (χ0n) is 11.9. The summed E-state index contributed by atoms with van der Waals surface area (Å²) in [6.07, 6.45) is 1.56. The zero-order valence-corrected chi connectivity index (χ0v) is 12.7. The van der Waals surface area contributed by atoms with E-state index in [1.165, 1.54) is 0 Å². The van der Waals surface area contributed by atoms with Gasteiger partial charge >= 0.3 is 0 Å². The van der Waals surface area contributed by atoms with E-state index in [-0.39, 0.29) is 12.1 Å². The first-order valence-electron chi connectivity index (χ1n) is 6.91. The summed E-state index contributed by atoms with van der Waals surface area (Å²) >= 11 is 5.92. The fourth-order valence-electron chi connectivity index (χ4n) is 2.54. The van der Waals surface area contributed by atoms with E-state index in [1.54, 1.807) is 31.2 Å². The number of nitrogens with zero attached hydrogens (tertiary/aromatic N) is 1. The SMILES string of the molecule is CC1(O)CCCN(CC(=O)NC(=O)c2ccccc2Cl)C1. The van der Waals surface area contributed by atoms with Crippen molar-refractivity contribution < 1.29 is 14.7 Å². The van der Waals surface area contributed by atoms with Crippen LogP contribution in [0.5, 0.6) is 0 Å². The Morgan fingerprint density at radius 1 is 1.43 bits per heavy atom. The van der Waals surface area contributed by atoms with Gasteiger partial charge < -0.3 is 5.11 Å². The molecule has 1 atom stereocenters. The number of amides is 2. The van der Waals surface area contributed by atoms with Crippen molar-refractivity contribution >= 4 is 23.4 Å². The fourth-order valence-corrected chi connectivity index (χ4v) is 2.76. The minimum absolute atomic E-state index is 0.0896. The Kier molecular flexibility index (Phi) is 4.98. The highest BCUT2D eigenvalue weighted by molar-refractivity contribution is 6.34. The number of halogens is 1. The largest absolute Gasteiger partial charge is 0.389 e. The Balaban J connectivity index is 1.90. The van der Waals surface area contributed by atoms with Crippen molar-refractivity contribution in [2.45, 2.75) is 25.4 Å². The van der Waals surface area contributed by atoms with Crippen molar-refractivity contribution in [3.63, 3.8) is 0 Å². The minimum Gasteiger partial charge on any atom is -0.389 e. The molecule has 0 aliphatic carbocycles. The lowest BCUT2D eigenvalue weighted by atomic mass is 9.95. The monoisotopic (exact) mass is 310 g/mol. The number of hydrogen-bond acceptors (Lipinski definition) is 4. The first-order valence-corrected chi connectivity index (χ1v) is 7.29. The van der Waals surface area contributed by atoms with Gasteiger partial charge in [0.1, 0.15) is 0 Å². The Labute approximate surface area is 128 Å². The Morgan fingerprint density at radius 2 is 2.14 bits per heavy atom. The van der Waals surface area contributed by atoms with Crippen LogP contribution in [0.4, 0.5) is 0 Å². The van der Waals surface area contributed by atoms with Crippen LogP contribution in [-0.4, -0.2) is 47.1 Å². The maximum Gasteiger partial charge on any atom is 0.259 e. The lowest BCUT2D eigenvalue weighted by molar-refractivity contribution is -0.122. The van der Waals surface area contributed by atoms with E-state index in [2.05, 4.69) is 5.32 Å². The van der Waals surface area contributed by atoms with Crippen molar-refractivity contribution in [3.05, 3.63) is 34.9 Å².